The Balaban J connectivity index is 1.48. The van der Waals surface area contributed by atoms with Crippen LogP contribution in [0.15, 0.2) is 49.1 Å². The number of pyridine rings is 2. The van der Waals surface area contributed by atoms with Gasteiger partial charge in [0.25, 0.3) is 5.91 Å². The van der Waals surface area contributed by atoms with E-state index < -0.39 is 0 Å². The van der Waals surface area contributed by atoms with Crippen LogP contribution in [0.5, 0.6) is 0 Å². The minimum Gasteiger partial charge on any atom is -0.365 e. The maximum Gasteiger partial charge on any atom is 0.272 e. The molecule has 0 saturated heterocycles. The Morgan fingerprint density at radius 3 is 2.67 bits per heavy atom. The first kappa shape index (κ1) is 17.1. The third kappa shape index (κ3) is 3.79. The van der Waals surface area contributed by atoms with Crippen LogP contribution in [0, 0.1) is 6.92 Å². The fourth-order valence-corrected chi connectivity index (χ4v) is 3.36. The first-order chi connectivity index (χ1) is 13.2. The van der Waals surface area contributed by atoms with Gasteiger partial charge >= 0.3 is 0 Å². The molecule has 1 fully saturated rings. The molecule has 0 unspecified atom stereocenters. The Morgan fingerprint density at radius 1 is 1.07 bits per heavy atom. The highest BCUT2D eigenvalue weighted by molar-refractivity contribution is 5.95. The van der Waals surface area contributed by atoms with Crippen LogP contribution in [0.2, 0.25) is 0 Å². The summed E-state index contributed by atoms with van der Waals surface area (Å²) in [6.45, 7) is 2.01. The van der Waals surface area contributed by atoms with Gasteiger partial charge in [-0.1, -0.05) is 6.07 Å². The van der Waals surface area contributed by atoms with Gasteiger partial charge in [-0.05, 0) is 49.9 Å². The van der Waals surface area contributed by atoms with E-state index in [0.717, 1.165) is 30.6 Å². The molecule has 3 aromatic rings. The second-order valence-corrected chi connectivity index (χ2v) is 6.67. The molecule has 3 aromatic heterocycles. The monoisotopic (exact) mass is 363 g/mol. The van der Waals surface area contributed by atoms with Crippen LogP contribution in [0.3, 0.4) is 0 Å². The molecule has 0 aromatic carbocycles. The molecular weight excluding hydrogens is 342 g/mol. The summed E-state index contributed by atoms with van der Waals surface area (Å²) in [4.78, 5) is 22.9. The zero-order chi connectivity index (χ0) is 18.6. The van der Waals surface area contributed by atoms with E-state index in [0.29, 0.717) is 11.4 Å². The van der Waals surface area contributed by atoms with Crippen molar-refractivity contribution in [1.82, 2.24) is 30.3 Å². The van der Waals surface area contributed by atoms with Crippen LogP contribution >= 0.6 is 0 Å². The van der Waals surface area contributed by atoms with Gasteiger partial charge in [-0.2, -0.15) is 10.2 Å². The molecule has 0 spiro atoms. The Bertz CT molecular complexity index is 908. The molecule has 1 aliphatic rings. The normalized spacial score (nSPS) is 19.0. The number of aryl methyl sites for hydroxylation is 1. The SMILES string of the molecule is Cc1ccc(N[C@H]2CCC[C@@H]2NC(=O)c2ncccc2-n2nccn2)nc1. The second kappa shape index (κ2) is 7.53. The van der Waals surface area contributed by atoms with E-state index in [1.165, 1.54) is 4.80 Å². The van der Waals surface area contributed by atoms with Crippen molar-refractivity contribution in [2.75, 3.05) is 5.32 Å². The predicted molar refractivity (Wildman–Crippen MR) is 101 cm³/mol. The molecule has 2 atom stereocenters. The number of amides is 1. The van der Waals surface area contributed by atoms with Crippen molar-refractivity contribution >= 4 is 11.7 Å². The number of carbonyl (C=O) groups excluding carboxylic acids is 1. The lowest BCUT2D eigenvalue weighted by Crippen LogP contribution is -2.44. The number of anilines is 1. The van der Waals surface area contributed by atoms with Crippen LogP contribution in [0.1, 0.15) is 35.3 Å². The molecule has 1 amide bonds. The number of nitrogens with one attached hydrogen (secondary N) is 2. The lowest BCUT2D eigenvalue weighted by molar-refractivity contribution is 0.0930. The summed E-state index contributed by atoms with van der Waals surface area (Å²) < 4.78 is 0. The van der Waals surface area contributed by atoms with Crippen molar-refractivity contribution in [3.05, 3.63) is 60.3 Å². The number of hydrogen-bond donors (Lipinski definition) is 2. The topological polar surface area (TPSA) is 97.6 Å². The Morgan fingerprint density at radius 2 is 1.89 bits per heavy atom. The Kier molecular flexibility index (Phi) is 4.78. The number of carbonyl (C=O) groups is 1. The highest BCUT2D eigenvalue weighted by Crippen LogP contribution is 2.23. The van der Waals surface area contributed by atoms with Crippen LogP contribution in [0.25, 0.3) is 5.69 Å². The predicted octanol–water partition coefficient (Wildman–Crippen LogP) is 2.13. The lowest BCUT2D eigenvalue weighted by Gasteiger charge is -2.23. The number of nitrogens with zero attached hydrogens (tertiary/aromatic N) is 5. The lowest BCUT2D eigenvalue weighted by atomic mass is 10.1. The van der Waals surface area contributed by atoms with Gasteiger partial charge in [-0.25, -0.2) is 9.97 Å². The first-order valence-electron chi connectivity index (χ1n) is 9.02. The van der Waals surface area contributed by atoms with Gasteiger partial charge in [0.05, 0.1) is 12.4 Å². The largest absolute Gasteiger partial charge is 0.365 e. The highest BCUT2D eigenvalue weighted by Gasteiger charge is 2.30. The Hall–Kier alpha value is -3.29. The summed E-state index contributed by atoms with van der Waals surface area (Å²) in [5.74, 6) is 0.601. The summed E-state index contributed by atoms with van der Waals surface area (Å²) in [6, 6.07) is 7.68. The van der Waals surface area contributed by atoms with E-state index in [2.05, 4.69) is 30.8 Å². The zero-order valence-electron chi connectivity index (χ0n) is 15.0. The highest BCUT2D eigenvalue weighted by atomic mass is 16.2. The van der Waals surface area contributed by atoms with Gasteiger partial charge in [-0.15, -0.1) is 4.80 Å². The van der Waals surface area contributed by atoms with Crippen LogP contribution in [-0.4, -0.2) is 43.0 Å². The van der Waals surface area contributed by atoms with Gasteiger partial charge in [-0.3, -0.25) is 4.79 Å². The van der Waals surface area contributed by atoms with Gasteiger partial charge < -0.3 is 10.6 Å². The Labute approximate surface area is 157 Å². The smallest absolute Gasteiger partial charge is 0.272 e. The minimum atomic E-state index is -0.224. The average Bonchev–Trinajstić information content (AvgIpc) is 3.36. The summed E-state index contributed by atoms with van der Waals surface area (Å²) >= 11 is 0. The van der Waals surface area contributed by atoms with Crippen LogP contribution < -0.4 is 10.6 Å². The quantitative estimate of drug-likeness (QED) is 0.721. The van der Waals surface area contributed by atoms with Crippen molar-refractivity contribution in [2.24, 2.45) is 0 Å². The second-order valence-electron chi connectivity index (χ2n) is 6.67. The molecule has 138 valence electrons. The number of rotatable bonds is 5. The molecular formula is C19H21N7O. The molecule has 0 bridgehead atoms. The van der Waals surface area contributed by atoms with Gasteiger partial charge in [0.15, 0.2) is 5.69 Å². The molecule has 8 heteroatoms. The number of aromatic nitrogens is 5. The first-order valence-corrected chi connectivity index (χ1v) is 9.02. The molecule has 8 nitrogen and oxygen atoms in total. The van der Waals surface area contributed by atoms with Crippen molar-refractivity contribution in [2.45, 2.75) is 38.3 Å². The fourth-order valence-electron chi connectivity index (χ4n) is 3.36. The van der Waals surface area contributed by atoms with E-state index in [9.17, 15) is 4.79 Å². The van der Waals surface area contributed by atoms with E-state index in [1.54, 1.807) is 30.7 Å². The maximum atomic E-state index is 12.9. The van der Waals surface area contributed by atoms with Crippen molar-refractivity contribution in [1.29, 1.82) is 0 Å². The van der Waals surface area contributed by atoms with Crippen molar-refractivity contribution in [3.8, 4) is 5.69 Å². The molecule has 0 radical (unpaired) electrons. The third-order valence-corrected chi connectivity index (χ3v) is 4.71. The van der Waals surface area contributed by atoms with E-state index in [4.69, 9.17) is 0 Å². The summed E-state index contributed by atoms with van der Waals surface area (Å²) in [5, 5.41) is 14.8. The summed E-state index contributed by atoms with van der Waals surface area (Å²) in [7, 11) is 0. The van der Waals surface area contributed by atoms with Crippen LogP contribution in [0.4, 0.5) is 5.82 Å². The van der Waals surface area contributed by atoms with Gasteiger partial charge in [0.1, 0.15) is 11.5 Å². The van der Waals surface area contributed by atoms with Crippen molar-refractivity contribution < 1.29 is 4.79 Å². The van der Waals surface area contributed by atoms with Crippen molar-refractivity contribution in [3.63, 3.8) is 0 Å². The van der Waals surface area contributed by atoms with E-state index in [1.807, 2.05) is 25.3 Å². The van der Waals surface area contributed by atoms with Gasteiger partial charge in [0, 0.05) is 24.5 Å². The number of hydrogen-bond acceptors (Lipinski definition) is 6. The fraction of sp³-hybridized carbons (Fsp3) is 0.316. The average molecular weight is 363 g/mol. The zero-order valence-corrected chi connectivity index (χ0v) is 15.0. The molecule has 1 aliphatic carbocycles. The standard InChI is InChI=1S/C19H21N7O/c1-13-7-8-17(21-12-13)24-14-4-2-5-15(14)25-19(27)18-16(6-3-9-20-18)26-22-10-11-23-26/h3,6-12,14-15H,2,4-5H2,1H3,(H,21,24)(H,25,27)/t14-,15-/m0/s1. The molecule has 4 rings (SSSR count). The summed E-state index contributed by atoms with van der Waals surface area (Å²) in [5.41, 5.74) is 1.99. The summed E-state index contributed by atoms with van der Waals surface area (Å²) in [6.07, 6.45) is 9.52. The maximum absolute atomic E-state index is 12.9. The molecule has 2 N–H and O–H groups in total. The minimum absolute atomic E-state index is 0.0149. The molecule has 1 saturated carbocycles. The molecule has 27 heavy (non-hydrogen) atoms. The molecule has 0 aliphatic heterocycles. The van der Waals surface area contributed by atoms with E-state index in [-0.39, 0.29) is 18.0 Å². The van der Waals surface area contributed by atoms with E-state index >= 15 is 0 Å². The van der Waals surface area contributed by atoms with Crippen LogP contribution in [-0.2, 0) is 0 Å². The van der Waals surface area contributed by atoms with Gasteiger partial charge in [0.2, 0.25) is 0 Å². The third-order valence-electron chi connectivity index (χ3n) is 4.71. The molecule has 3 heterocycles.